The second kappa shape index (κ2) is 11.3. The molecule has 0 saturated heterocycles. The summed E-state index contributed by atoms with van der Waals surface area (Å²) in [6, 6.07) is 10.3. The molecule has 0 radical (unpaired) electrons. The normalized spacial score (nSPS) is 11.5. The molecular weight excluding hydrogens is 338 g/mol. The Balaban J connectivity index is 1.83. The molecule has 0 aliphatic heterocycles. The van der Waals surface area contributed by atoms with Crippen molar-refractivity contribution in [3.05, 3.63) is 47.3 Å². The summed E-state index contributed by atoms with van der Waals surface area (Å²) in [5.74, 6) is 1.75. The van der Waals surface area contributed by atoms with Crippen LogP contribution < -0.4 is 15.4 Å². The molecule has 0 aliphatic rings. The van der Waals surface area contributed by atoms with E-state index in [9.17, 15) is 0 Å². The molecule has 0 atom stereocenters. The molecule has 148 valence electrons. The topological polar surface area (TPSA) is 63.5 Å². The molecule has 0 unspecified atom stereocenters. The van der Waals surface area contributed by atoms with E-state index in [0.29, 0.717) is 6.54 Å². The molecule has 0 fully saturated rings. The van der Waals surface area contributed by atoms with Gasteiger partial charge in [0.1, 0.15) is 5.75 Å². The highest BCUT2D eigenvalue weighted by Crippen LogP contribution is 2.14. The fraction of sp³-hybridized carbons (Fsp3) is 0.524. The third-order valence-corrected chi connectivity index (χ3v) is 4.08. The van der Waals surface area contributed by atoms with Gasteiger partial charge in [-0.15, -0.1) is 0 Å². The van der Waals surface area contributed by atoms with Gasteiger partial charge < -0.3 is 15.4 Å². The molecule has 0 aliphatic carbocycles. The van der Waals surface area contributed by atoms with Crippen molar-refractivity contribution in [2.75, 3.05) is 19.7 Å². The lowest BCUT2D eigenvalue weighted by Gasteiger charge is -2.12. The maximum Gasteiger partial charge on any atom is 0.191 e. The average Bonchev–Trinajstić information content (AvgIpc) is 2.99. The zero-order valence-electron chi connectivity index (χ0n) is 17.1. The standard InChI is InChI=1S/C21H33N5O/c1-5-13-27-20-10-7-9-19(15-20)16-24-21(22-6-2)23-11-8-12-26-18(4)14-17(3)25-26/h7,9-10,14-15H,5-6,8,11-13,16H2,1-4H3,(H2,22,23,24). The number of benzene rings is 1. The molecule has 27 heavy (non-hydrogen) atoms. The zero-order chi connectivity index (χ0) is 19.5. The zero-order valence-corrected chi connectivity index (χ0v) is 17.1. The fourth-order valence-corrected chi connectivity index (χ4v) is 2.80. The van der Waals surface area contributed by atoms with Gasteiger partial charge in [-0.3, -0.25) is 4.68 Å². The summed E-state index contributed by atoms with van der Waals surface area (Å²) in [7, 11) is 0. The number of ether oxygens (including phenoxy) is 1. The largest absolute Gasteiger partial charge is 0.494 e. The first-order valence-corrected chi connectivity index (χ1v) is 9.87. The second-order valence-electron chi connectivity index (χ2n) is 6.62. The van der Waals surface area contributed by atoms with Gasteiger partial charge in [0.05, 0.1) is 18.8 Å². The van der Waals surface area contributed by atoms with Crippen LogP contribution in [0.25, 0.3) is 0 Å². The summed E-state index contributed by atoms with van der Waals surface area (Å²) < 4.78 is 7.75. The molecule has 1 heterocycles. The van der Waals surface area contributed by atoms with Gasteiger partial charge in [-0.1, -0.05) is 19.1 Å². The van der Waals surface area contributed by atoms with Crippen molar-refractivity contribution in [1.82, 2.24) is 20.4 Å². The Morgan fingerprint density at radius 1 is 1.19 bits per heavy atom. The van der Waals surface area contributed by atoms with Gasteiger partial charge in [0.15, 0.2) is 5.96 Å². The molecule has 1 aromatic carbocycles. The number of rotatable bonds is 10. The van der Waals surface area contributed by atoms with Gasteiger partial charge in [-0.25, -0.2) is 4.99 Å². The van der Waals surface area contributed by atoms with E-state index in [1.165, 1.54) is 5.69 Å². The van der Waals surface area contributed by atoms with Crippen molar-refractivity contribution >= 4 is 5.96 Å². The molecule has 0 spiro atoms. The Bertz CT molecular complexity index is 723. The van der Waals surface area contributed by atoms with Gasteiger partial charge in [0.25, 0.3) is 0 Å². The van der Waals surface area contributed by atoms with E-state index in [-0.39, 0.29) is 0 Å². The van der Waals surface area contributed by atoms with Gasteiger partial charge >= 0.3 is 0 Å². The third kappa shape index (κ3) is 7.33. The van der Waals surface area contributed by atoms with Crippen LogP contribution in [0, 0.1) is 13.8 Å². The first-order chi connectivity index (χ1) is 13.1. The van der Waals surface area contributed by atoms with Crippen molar-refractivity contribution in [3.63, 3.8) is 0 Å². The summed E-state index contributed by atoms with van der Waals surface area (Å²) in [4.78, 5) is 4.69. The summed E-state index contributed by atoms with van der Waals surface area (Å²) >= 11 is 0. The second-order valence-corrected chi connectivity index (χ2v) is 6.62. The van der Waals surface area contributed by atoms with Crippen LogP contribution in [0.3, 0.4) is 0 Å². The van der Waals surface area contributed by atoms with Crippen LogP contribution in [0.1, 0.15) is 43.6 Å². The lowest BCUT2D eigenvalue weighted by molar-refractivity contribution is 0.317. The van der Waals surface area contributed by atoms with Crippen LogP contribution >= 0.6 is 0 Å². The van der Waals surface area contributed by atoms with Gasteiger partial charge in [-0.05, 0) is 57.4 Å². The van der Waals surface area contributed by atoms with Crippen LogP contribution in [0.2, 0.25) is 0 Å². The van der Waals surface area contributed by atoms with Crippen LogP contribution in [-0.4, -0.2) is 35.4 Å². The molecule has 0 bridgehead atoms. The van der Waals surface area contributed by atoms with E-state index in [4.69, 9.17) is 4.74 Å². The van der Waals surface area contributed by atoms with E-state index in [1.54, 1.807) is 0 Å². The number of aromatic nitrogens is 2. The highest BCUT2D eigenvalue weighted by Gasteiger charge is 2.02. The van der Waals surface area contributed by atoms with Crippen LogP contribution in [0.15, 0.2) is 35.3 Å². The number of nitrogens with one attached hydrogen (secondary N) is 2. The van der Waals surface area contributed by atoms with Crippen molar-refractivity contribution in [3.8, 4) is 5.75 Å². The quantitative estimate of drug-likeness (QED) is 0.381. The van der Waals surface area contributed by atoms with Gasteiger partial charge in [0, 0.05) is 25.3 Å². The van der Waals surface area contributed by atoms with E-state index in [1.807, 2.05) is 19.1 Å². The number of guanidine groups is 1. The highest BCUT2D eigenvalue weighted by atomic mass is 16.5. The molecule has 6 heteroatoms. The Labute approximate surface area is 163 Å². The molecule has 1 aromatic heterocycles. The minimum atomic E-state index is 0.621. The van der Waals surface area contributed by atoms with Crippen LogP contribution in [0.5, 0.6) is 5.75 Å². The Morgan fingerprint density at radius 3 is 2.74 bits per heavy atom. The molecule has 2 rings (SSSR count). The smallest absolute Gasteiger partial charge is 0.191 e. The van der Waals surface area contributed by atoms with Gasteiger partial charge in [-0.2, -0.15) is 5.10 Å². The maximum atomic E-state index is 5.69. The SMILES string of the molecule is CCCOc1cccc(CN=C(NCC)NCCCn2nc(C)cc2C)c1. The summed E-state index contributed by atoms with van der Waals surface area (Å²) in [5, 5.41) is 11.2. The molecular formula is C21H33N5O. The highest BCUT2D eigenvalue weighted by molar-refractivity contribution is 5.79. The van der Waals surface area contributed by atoms with Crippen LogP contribution in [0.4, 0.5) is 0 Å². The number of nitrogens with zero attached hydrogens (tertiary/aromatic N) is 3. The van der Waals surface area contributed by atoms with Gasteiger partial charge in [0.2, 0.25) is 0 Å². The molecule has 2 aromatic rings. The predicted molar refractivity (Wildman–Crippen MR) is 111 cm³/mol. The monoisotopic (exact) mass is 371 g/mol. The lowest BCUT2D eigenvalue weighted by atomic mass is 10.2. The number of aryl methyl sites for hydroxylation is 3. The first-order valence-electron chi connectivity index (χ1n) is 9.87. The average molecular weight is 372 g/mol. The number of hydrogen-bond donors (Lipinski definition) is 2. The van der Waals surface area contributed by atoms with Crippen molar-refractivity contribution in [2.45, 2.75) is 53.6 Å². The molecule has 6 nitrogen and oxygen atoms in total. The fourth-order valence-electron chi connectivity index (χ4n) is 2.80. The van der Waals surface area contributed by atoms with Crippen molar-refractivity contribution in [2.24, 2.45) is 4.99 Å². The Hall–Kier alpha value is -2.50. The summed E-state index contributed by atoms with van der Waals surface area (Å²) in [5.41, 5.74) is 3.42. The Morgan fingerprint density at radius 2 is 2.04 bits per heavy atom. The lowest BCUT2D eigenvalue weighted by Crippen LogP contribution is -2.38. The minimum Gasteiger partial charge on any atom is -0.494 e. The summed E-state index contributed by atoms with van der Waals surface area (Å²) in [6.07, 6.45) is 2.00. The predicted octanol–water partition coefficient (Wildman–Crippen LogP) is 3.43. The molecule has 0 amide bonds. The van der Waals surface area contributed by atoms with E-state index >= 15 is 0 Å². The maximum absolute atomic E-state index is 5.69. The molecule has 0 saturated carbocycles. The van der Waals surface area contributed by atoms with E-state index in [2.05, 4.69) is 64.4 Å². The first kappa shape index (κ1) is 20.8. The van der Waals surface area contributed by atoms with Crippen molar-refractivity contribution in [1.29, 1.82) is 0 Å². The molecule has 2 N–H and O–H groups in total. The number of aliphatic imine (C=N–C) groups is 1. The number of hydrogen-bond acceptors (Lipinski definition) is 3. The third-order valence-electron chi connectivity index (χ3n) is 4.08. The summed E-state index contributed by atoms with van der Waals surface area (Å²) in [6.45, 7) is 12.3. The Kier molecular flexibility index (Phi) is 8.68. The minimum absolute atomic E-state index is 0.621. The van der Waals surface area contributed by atoms with Crippen LogP contribution in [-0.2, 0) is 13.1 Å². The van der Waals surface area contributed by atoms with E-state index in [0.717, 1.165) is 62.0 Å². The van der Waals surface area contributed by atoms with Crippen molar-refractivity contribution < 1.29 is 4.74 Å². The van der Waals surface area contributed by atoms with E-state index < -0.39 is 0 Å².